The van der Waals surface area contributed by atoms with Gasteiger partial charge in [0.25, 0.3) is 0 Å². The zero-order chi connectivity index (χ0) is 16.1. The zero-order valence-corrected chi connectivity index (χ0v) is 10.8. The van der Waals surface area contributed by atoms with E-state index in [1.165, 1.54) is 12.1 Å². The molecule has 1 N–H and O–H groups in total. The lowest BCUT2D eigenvalue weighted by atomic mass is 10.0. The second-order valence-corrected chi connectivity index (χ2v) is 4.51. The van der Waals surface area contributed by atoms with Gasteiger partial charge >= 0.3 is 12.4 Å². The van der Waals surface area contributed by atoms with Crippen molar-refractivity contribution in [1.29, 1.82) is 0 Å². The second-order valence-electron chi connectivity index (χ2n) is 4.51. The zero-order valence-electron chi connectivity index (χ0n) is 10.8. The SMILES string of the molecule is OC(CCOCC(F)(F)F)Cc1ccc(C(F)(F)F)cc1. The van der Waals surface area contributed by atoms with Crippen LogP contribution in [0.2, 0.25) is 0 Å². The summed E-state index contributed by atoms with van der Waals surface area (Å²) in [6, 6.07) is 4.23. The fourth-order valence-electron chi connectivity index (χ4n) is 1.61. The highest BCUT2D eigenvalue weighted by atomic mass is 19.4. The number of alkyl halides is 6. The normalized spacial score (nSPS) is 14.2. The third-order valence-corrected chi connectivity index (χ3v) is 2.61. The van der Waals surface area contributed by atoms with Crippen LogP contribution in [0.4, 0.5) is 26.3 Å². The van der Waals surface area contributed by atoms with Gasteiger partial charge in [0.2, 0.25) is 0 Å². The van der Waals surface area contributed by atoms with E-state index in [-0.39, 0.29) is 19.4 Å². The lowest BCUT2D eigenvalue weighted by molar-refractivity contribution is -0.175. The maximum atomic E-state index is 12.3. The van der Waals surface area contributed by atoms with Crippen molar-refractivity contribution in [1.82, 2.24) is 0 Å². The van der Waals surface area contributed by atoms with Gasteiger partial charge in [-0.15, -0.1) is 0 Å². The Hall–Kier alpha value is -1.28. The van der Waals surface area contributed by atoms with Crippen LogP contribution in [0.1, 0.15) is 17.5 Å². The maximum absolute atomic E-state index is 12.3. The maximum Gasteiger partial charge on any atom is 0.416 e. The van der Waals surface area contributed by atoms with E-state index in [1.54, 1.807) is 0 Å². The van der Waals surface area contributed by atoms with Crippen LogP contribution in [0.15, 0.2) is 24.3 Å². The Morgan fingerprint density at radius 1 is 1.00 bits per heavy atom. The van der Waals surface area contributed by atoms with E-state index >= 15 is 0 Å². The van der Waals surface area contributed by atoms with Gasteiger partial charge in [-0.3, -0.25) is 0 Å². The number of hydrogen-bond donors (Lipinski definition) is 1. The molecule has 0 saturated carbocycles. The molecule has 0 aliphatic rings. The van der Waals surface area contributed by atoms with E-state index in [2.05, 4.69) is 4.74 Å². The minimum Gasteiger partial charge on any atom is -0.393 e. The Labute approximate surface area is 117 Å². The van der Waals surface area contributed by atoms with Crippen LogP contribution in [0, 0.1) is 0 Å². The van der Waals surface area contributed by atoms with Gasteiger partial charge in [-0.2, -0.15) is 26.3 Å². The van der Waals surface area contributed by atoms with Gasteiger partial charge < -0.3 is 9.84 Å². The minimum atomic E-state index is -4.43. The van der Waals surface area contributed by atoms with Gasteiger partial charge in [0.1, 0.15) is 6.61 Å². The van der Waals surface area contributed by atoms with Crippen molar-refractivity contribution in [3.05, 3.63) is 35.4 Å². The Bertz CT molecular complexity index is 424. The molecule has 21 heavy (non-hydrogen) atoms. The minimum absolute atomic E-state index is 0.0307. The molecule has 0 aliphatic carbocycles. The van der Waals surface area contributed by atoms with E-state index in [0.717, 1.165) is 12.1 Å². The fourth-order valence-corrected chi connectivity index (χ4v) is 1.61. The quantitative estimate of drug-likeness (QED) is 0.642. The molecule has 1 atom stereocenters. The van der Waals surface area contributed by atoms with Crippen LogP contribution in [-0.4, -0.2) is 30.6 Å². The molecule has 1 aromatic carbocycles. The summed E-state index contributed by atoms with van der Waals surface area (Å²) in [6.07, 6.45) is -9.80. The molecule has 8 heteroatoms. The van der Waals surface area contributed by atoms with Crippen LogP contribution < -0.4 is 0 Å². The van der Waals surface area contributed by atoms with E-state index in [1.807, 2.05) is 0 Å². The van der Waals surface area contributed by atoms with Crippen LogP contribution in [0.25, 0.3) is 0 Å². The summed E-state index contributed by atoms with van der Waals surface area (Å²) in [6.45, 7) is -1.67. The molecule has 0 bridgehead atoms. The summed E-state index contributed by atoms with van der Waals surface area (Å²) < 4.78 is 76.7. The predicted octanol–water partition coefficient (Wildman–Crippen LogP) is 3.58. The molecule has 0 saturated heterocycles. The number of ether oxygens (including phenoxy) is 1. The molecule has 0 amide bonds. The van der Waals surface area contributed by atoms with Crippen LogP contribution >= 0.6 is 0 Å². The monoisotopic (exact) mass is 316 g/mol. The molecule has 0 fully saturated rings. The number of hydrogen-bond acceptors (Lipinski definition) is 2. The molecule has 2 nitrogen and oxygen atoms in total. The van der Waals surface area contributed by atoms with Gasteiger partial charge in [0, 0.05) is 6.61 Å². The molecule has 1 aromatic rings. The summed E-state index contributed by atoms with van der Waals surface area (Å²) in [5, 5.41) is 9.58. The lowest BCUT2D eigenvalue weighted by Crippen LogP contribution is -2.20. The van der Waals surface area contributed by atoms with Crippen molar-refractivity contribution in [2.24, 2.45) is 0 Å². The Kier molecular flexibility index (Phi) is 6.03. The summed E-state index contributed by atoms with van der Waals surface area (Å²) >= 11 is 0. The molecule has 0 heterocycles. The van der Waals surface area contributed by atoms with Crippen molar-refractivity contribution >= 4 is 0 Å². The molecule has 0 spiro atoms. The number of aliphatic hydroxyl groups excluding tert-OH is 1. The first kappa shape index (κ1) is 17.8. The van der Waals surface area contributed by atoms with Gasteiger partial charge in [-0.1, -0.05) is 12.1 Å². The number of benzene rings is 1. The number of rotatable bonds is 6. The van der Waals surface area contributed by atoms with Crippen LogP contribution in [0.3, 0.4) is 0 Å². The Morgan fingerprint density at radius 2 is 1.57 bits per heavy atom. The highest BCUT2D eigenvalue weighted by Crippen LogP contribution is 2.29. The highest BCUT2D eigenvalue weighted by Gasteiger charge is 2.30. The average molecular weight is 316 g/mol. The largest absolute Gasteiger partial charge is 0.416 e. The van der Waals surface area contributed by atoms with E-state index in [9.17, 15) is 31.4 Å². The smallest absolute Gasteiger partial charge is 0.393 e. The summed E-state index contributed by atoms with van der Waals surface area (Å²) in [5.74, 6) is 0. The summed E-state index contributed by atoms with van der Waals surface area (Å²) in [4.78, 5) is 0. The van der Waals surface area contributed by atoms with Crippen LogP contribution in [0.5, 0.6) is 0 Å². The topological polar surface area (TPSA) is 29.5 Å². The Morgan fingerprint density at radius 3 is 2.05 bits per heavy atom. The fraction of sp³-hybridized carbons (Fsp3) is 0.538. The first-order valence-corrected chi connectivity index (χ1v) is 6.06. The van der Waals surface area contributed by atoms with E-state index in [4.69, 9.17) is 0 Å². The van der Waals surface area contributed by atoms with Gasteiger partial charge in [0.15, 0.2) is 0 Å². The first-order chi connectivity index (χ1) is 9.58. The molecular formula is C13H14F6O2. The second kappa shape index (κ2) is 7.13. The summed E-state index contributed by atoms with van der Waals surface area (Å²) in [5.41, 5.74) is -0.333. The lowest BCUT2D eigenvalue weighted by Gasteiger charge is -2.13. The third-order valence-electron chi connectivity index (χ3n) is 2.61. The van der Waals surface area contributed by atoms with Crippen LogP contribution in [-0.2, 0) is 17.3 Å². The number of aliphatic hydroxyl groups is 1. The molecule has 0 radical (unpaired) electrons. The molecule has 1 rings (SSSR count). The van der Waals surface area contributed by atoms with Crippen molar-refractivity contribution < 1.29 is 36.2 Å². The average Bonchev–Trinajstić information content (AvgIpc) is 2.33. The molecular weight excluding hydrogens is 302 g/mol. The molecule has 0 aliphatic heterocycles. The standard InChI is InChI=1S/C13H14F6O2/c14-12(15,16)8-21-6-5-11(20)7-9-1-3-10(4-2-9)13(17,18)19/h1-4,11,20H,5-8H2. The van der Waals surface area contributed by atoms with Gasteiger partial charge in [-0.05, 0) is 30.5 Å². The molecule has 1 unspecified atom stereocenters. The predicted molar refractivity (Wildman–Crippen MR) is 62.6 cm³/mol. The van der Waals surface area contributed by atoms with Crippen molar-refractivity contribution in [3.63, 3.8) is 0 Å². The van der Waals surface area contributed by atoms with Crippen molar-refractivity contribution in [2.75, 3.05) is 13.2 Å². The number of halogens is 6. The molecule has 0 aromatic heterocycles. The van der Waals surface area contributed by atoms with E-state index in [0.29, 0.717) is 5.56 Å². The van der Waals surface area contributed by atoms with E-state index < -0.39 is 30.6 Å². The first-order valence-electron chi connectivity index (χ1n) is 6.06. The Balaban J connectivity index is 2.36. The summed E-state index contributed by atoms with van der Waals surface area (Å²) in [7, 11) is 0. The van der Waals surface area contributed by atoms with Gasteiger partial charge in [-0.25, -0.2) is 0 Å². The van der Waals surface area contributed by atoms with Crippen molar-refractivity contribution in [3.8, 4) is 0 Å². The van der Waals surface area contributed by atoms with Gasteiger partial charge in [0.05, 0.1) is 11.7 Å². The highest BCUT2D eigenvalue weighted by molar-refractivity contribution is 5.25. The molecule has 120 valence electrons. The van der Waals surface area contributed by atoms with Crippen molar-refractivity contribution in [2.45, 2.75) is 31.3 Å². The third kappa shape index (κ3) is 7.33.